The summed E-state index contributed by atoms with van der Waals surface area (Å²) in [6.07, 6.45) is -0.320. The smallest absolute Gasteiger partial charge is 0.307 e. The van der Waals surface area contributed by atoms with Crippen molar-refractivity contribution in [2.75, 3.05) is 7.11 Å². The molecule has 0 saturated carbocycles. The molecule has 1 heterocycles. The lowest BCUT2D eigenvalue weighted by atomic mass is 10.0. The van der Waals surface area contributed by atoms with Gasteiger partial charge >= 0.3 is 5.97 Å². The van der Waals surface area contributed by atoms with E-state index in [0.717, 1.165) is 5.41 Å². The molecule has 1 aliphatic rings. The van der Waals surface area contributed by atoms with Crippen LogP contribution < -0.4 is 4.74 Å². The monoisotopic (exact) mass is 254 g/mol. The number of carboxylic acids is 1. The van der Waals surface area contributed by atoms with E-state index in [1.807, 2.05) is 0 Å². The molecule has 0 fully saturated rings. The van der Waals surface area contributed by atoms with Crippen molar-refractivity contribution in [3.63, 3.8) is 0 Å². The maximum absolute atomic E-state index is 11.7. The molecule has 0 radical (unpaired) electrons. The van der Waals surface area contributed by atoms with Gasteiger partial charge in [0.1, 0.15) is 5.75 Å². The van der Waals surface area contributed by atoms with E-state index in [4.69, 9.17) is 9.84 Å². The van der Waals surface area contributed by atoms with Crippen molar-refractivity contribution in [1.82, 2.24) is 0 Å². The minimum Gasteiger partial charge on any atom is -0.497 e. The lowest BCUT2D eigenvalue weighted by Crippen LogP contribution is -1.96. The van der Waals surface area contributed by atoms with Crippen LogP contribution in [0, 0.1) is 0 Å². The van der Waals surface area contributed by atoms with Crippen LogP contribution in [0.25, 0.3) is 5.57 Å². The van der Waals surface area contributed by atoms with E-state index in [0.29, 0.717) is 11.3 Å². The van der Waals surface area contributed by atoms with E-state index in [-0.39, 0.29) is 16.9 Å². The maximum atomic E-state index is 11.7. The van der Waals surface area contributed by atoms with Crippen molar-refractivity contribution in [2.45, 2.75) is 11.3 Å². The number of carboxylic acid groups (broad SMARTS) is 1. The molecule has 0 unspecified atom stereocenters. The summed E-state index contributed by atoms with van der Waals surface area (Å²) in [5.74, 6) is -0.570. The fourth-order valence-electron chi connectivity index (χ4n) is 1.75. The van der Waals surface area contributed by atoms with E-state index < -0.39 is 15.8 Å². The van der Waals surface area contributed by atoms with Gasteiger partial charge in [-0.05, 0) is 23.8 Å². The van der Waals surface area contributed by atoms with Gasteiger partial charge in [-0.25, -0.2) is 8.42 Å². The quantitative estimate of drug-likeness (QED) is 0.879. The molecule has 0 bridgehead atoms. The Morgan fingerprint density at radius 1 is 1.41 bits per heavy atom. The van der Waals surface area contributed by atoms with Crippen LogP contribution in [-0.2, 0) is 14.6 Å². The van der Waals surface area contributed by atoms with Gasteiger partial charge in [-0.3, -0.25) is 4.79 Å². The van der Waals surface area contributed by atoms with Gasteiger partial charge in [0.15, 0.2) is 0 Å². The first-order chi connectivity index (χ1) is 7.94. The molecule has 0 aromatic heterocycles. The molecule has 6 heteroatoms. The van der Waals surface area contributed by atoms with Gasteiger partial charge in [-0.15, -0.1) is 0 Å². The van der Waals surface area contributed by atoms with Crippen molar-refractivity contribution in [3.05, 3.63) is 29.2 Å². The van der Waals surface area contributed by atoms with Crippen molar-refractivity contribution in [3.8, 4) is 5.75 Å². The maximum Gasteiger partial charge on any atom is 0.307 e. The van der Waals surface area contributed by atoms with Crippen LogP contribution in [0.1, 0.15) is 12.0 Å². The highest BCUT2D eigenvalue weighted by atomic mass is 32.2. The molecule has 90 valence electrons. The molecule has 2 rings (SSSR count). The molecule has 0 amide bonds. The van der Waals surface area contributed by atoms with Crippen LogP contribution in [0.4, 0.5) is 0 Å². The van der Waals surface area contributed by atoms with E-state index in [9.17, 15) is 13.2 Å². The molecule has 5 nitrogen and oxygen atoms in total. The minimum absolute atomic E-state index is 0.134. The summed E-state index contributed by atoms with van der Waals surface area (Å²) < 4.78 is 28.5. The molecule has 1 N–H and O–H groups in total. The van der Waals surface area contributed by atoms with Crippen molar-refractivity contribution in [2.24, 2.45) is 0 Å². The second-order valence-corrected chi connectivity index (χ2v) is 5.39. The number of methoxy groups -OCH3 is 1. The predicted molar refractivity (Wildman–Crippen MR) is 60.4 cm³/mol. The summed E-state index contributed by atoms with van der Waals surface area (Å²) in [5.41, 5.74) is 0.693. The summed E-state index contributed by atoms with van der Waals surface area (Å²) in [6.45, 7) is 0. The number of benzene rings is 1. The van der Waals surface area contributed by atoms with Gasteiger partial charge in [-0.2, -0.15) is 0 Å². The molecular formula is C11H10O5S. The van der Waals surface area contributed by atoms with Gasteiger partial charge in [-0.1, -0.05) is 0 Å². The van der Waals surface area contributed by atoms with Crippen molar-refractivity contribution in [1.29, 1.82) is 0 Å². The van der Waals surface area contributed by atoms with E-state index in [1.165, 1.54) is 25.3 Å². The van der Waals surface area contributed by atoms with Gasteiger partial charge in [0.25, 0.3) is 0 Å². The number of ether oxygens (including phenoxy) is 1. The number of aliphatic carboxylic acids is 1. The lowest BCUT2D eigenvalue weighted by Gasteiger charge is -2.05. The summed E-state index contributed by atoms with van der Waals surface area (Å²) in [6, 6.07) is 4.50. The van der Waals surface area contributed by atoms with Crippen molar-refractivity contribution >= 4 is 21.4 Å². The molecule has 0 saturated heterocycles. The second kappa shape index (κ2) is 3.89. The second-order valence-electron chi connectivity index (χ2n) is 3.62. The Kier molecular flexibility index (Phi) is 2.66. The number of hydrogen-bond acceptors (Lipinski definition) is 4. The van der Waals surface area contributed by atoms with Crippen LogP contribution in [0.5, 0.6) is 5.75 Å². The summed E-state index contributed by atoms with van der Waals surface area (Å²) >= 11 is 0. The van der Waals surface area contributed by atoms with Crippen LogP contribution >= 0.6 is 0 Å². The van der Waals surface area contributed by atoms with E-state index >= 15 is 0 Å². The minimum atomic E-state index is -3.51. The zero-order valence-corrected chi connectivity index (χ0v) is 9.82. The van der Waals surface area contributed by atoms with Crippen LogP contribution in [0.15, 0.2) is 28.5 Å². The Balaban J connectivity index is 2.58. The average Bonchev–Trinajstić information content (AvgIpc) is 2.49. The highest BCUT2D eigenvalue weighted by Gasteiger charge is 2.28. The summed E-state index contributed by atoms with van der Waals surface area (Å²) in [4.78, 5) is 10.8. The molecular weight excluding hydrogens is 244 g/mol. The molecule has 0 aliphatic carbocycles. The van der Waals surface area contributed by atoms with Crippen LogP contribution in [0.2, 0.25) is 0 Å². The lowest BCUT2D eigenvalue weighted by molar-refractivity contribution is -0.135. The number of rotatable bonds is 3. The number of hydrogen-bond donors (Lipinski definition) is 1. The third-order valence-electron chi connectivity index (χ3n) is 2.48. The fourth-order valence-corrected chi connectivity index (χ4v) is 3.22. The average molecular weight is 254 g/mol. The van der Waals surface area contributed by atoms with Gasteiger partial charge < -0.3 is 9.84 Å². The molecule has 17 heavy (non-hydrogen) atoms. The van der Waals surface area contributed by atoms with Gasteiger partial charge in [0.2, 0.25) is 9.84 Å². The van der Waals surface area contributed by atoms with E-state index in [2.05, 4.69) is 0 Å². The fraction of sp³-hybridized carbons (Fsp3) is 0.182. The Hall–Kier alpha value is -1.82. The first-order valence-corrected chi connectivity index (χ1v) is 6.34. The third kappa shape index (κ3) is 2.03. The molecule has 1 aromatic carbocycles. The Labute approximate surface area is 98.3 Å². The Morgan fingerprint density at radius 3 is 2.71 bits per heavy atom. The van der Waals surface area contributed by atoms with Crippen molar-refractivity contribution < 1.29 is 23.1 Å². The third-order valence-corrected chi connectivity index (χ3v) is 4.04. The first-order valence-electron chi connectivity index (χ1n) is 4.80. The number of carbonyl (C=O) groups is 1. The molecule has 1 aromatic rings. The van der Waals surface area contributed by atoms with Gasteiger partial charge in [0.05, 0.1) is 18.4 Å². The molecule has 0 atom stereocenters. The topological polar surface area (TPSA) is 80.7 Å². The predicted octanol–water partition coefficient (Wildman–Crippen LogP) is 1.30. The first kappa shape index (κ1) is 11.7. The zero-order valence-electron chi connectivity index (χ0n) is 9.00. The largest absolute Gasteiger partial charge is 0.497 e. The Morgan fingerprint density at radius 2 is 2.12 bits per heavy atom. The SMILES string of the molecule is COc1ccc2c(c1)C(CC(=O)O)=CS2(=O)=O. The summed E-state index contributed by atoms with van der Waals surface area (Å²) in [5, 5.41) is 9.73. The zero-order chi connectivity index (χ0) is 12.6. The standard InChI is InChI=1S/C11H10O5S/c1-16-8-2-3-10-9(5-8)7(4-11(12)13)6-17(10,14)15/h2-3,5-6H,4H2,1H3,(H,12,13). The van der Waals surface area contributed by atoms with Crippen LogP contribution in [0.3, 0.4) is 0 Å². The number of sulfone groups is 1. The molecule has 1 aliphatic heterocycles. The Bertz CT molecular complexity index is 613. The van der Waals surface area contributed by atoms with Gasteiger partial charge in [0, 0.05) is 11.0 Å². The molecule has 0 spiro atoms. The van der Waals surface area contributed by atoms with E-state index in [1.54, 1.807) is 0 Å². The normalized spacial score (nSPS) is 16.2. The summed E-state index contributed by atoms with van der Waals surface area (Å²) in [7, 11) is -2.04. The highest BCUT2D eigenvalue weighted by molar-refractivity contribution is 7.95. The number of fused-ring (bicyclic) bond motifs is 1. The highest BCUT2D eigenvalue weighted by Crippen LogP contribution is 2.37. The van der Waals surface area contributed by atoms with Crippen LogP contribution in [-0.4, -0.2) is 26.6 Å².